The number of hydrogen-bond acceptors (Lipinski definition) is 6. The van der Waals surface area contributed by atoms with Crippen LogP contribution in [0.15, 0.2) is 30.5 Å². The third-order valence-electron chi connectivity index (χ3n) is 6.50. The molecule has 0 unspecified atom stereocenters. The Hall–Kier alpha value is -2.68. The van der Waals surface area contributed by atoms with Crippen LogP contribution < -0.4 is 16.0 Å². The number of nitrogens with one attached hydrogen (secondary N) is 1. The normalized spacial score (nSPS) is 14.5. The largest absolute Gasteiger partial charge is 0.383 e. The number of carbonyl (C=O) groups is 2. The number of aromatic nitrogens is 1. The number of fused-ring (bicyclic) bond motifs is 1. The van der Waals surface area contributed by atoms with Gasteiger partial charge in [-0.15, -0.1) is 11.3 Å². The summed E-state index contributed by atoms with van der Waals surface area (Å²) in [7, 11) is 2.12. The number of amides is 2. The van der Waals surface area contributed by atoms with Crippen LogP contribution in [0, 0.1) is 12.8 Å². The van der Waals surface area contributed by atoms with E-state index in [9.17, 15) is 9.59 Å². The van der Waals surface area contributed by atoms with Crippen molar-refractivity contribution in [2.75, 3.05) is 37.3 Å². The Balaban J connectivity index is 0.00000342. The van der Waals surface area contributed by atoms with Crippen LogP contribution in [0.25, 0.3) is 10.8 Å². The van der Waals surface area contributed by atoms with Crippen molar-refractivity contribution >= 4 is 57.0 Å². The molecular formula is C26H34ClN5O2S. The highest BCUT2D eigenvalue weighted by molar-refractivity contribution is 7.18. The van der Waals surface area contributed by atoms with Gasteiger partial charge in [0.15, 0.2) is 0 Å². The molecule has 0 atom stereocenters. The fourth-order valence-electron chi connectivity index (χ4n) is 4.46. The van der Waals surface area contributed by atoms with E-state index in [0.717, 1.165) is 47.8 Å². The summed E-state index contributed by atoms with van der Waals surface area (Å²) in [4.78, 5) is 34.6. The molecule has 35 heavy (non-hydrogen) atoms. The van der Waals surface area contributed by atoms with Crippen molar-refractivity contribution < 1.29 is 9.59 Å². The number of thiophene rings is 1. The summed E-state index contributed by atoms with van der Waals surface area (Å²) in [6.45, 7) is 6.40. The Morgan fingerprint density at radius 1 is 1.29 bits per heavy atom. The van der Waals surface area contributed by atoms with Crippen molar-refractivity contribution in [3.63, 3.8) is 0 Å². The van der Waals surface area contributed by atoms with Gasteiger partial charge in [0.2, 0.25) is 5.91 Å². The molecule has 0 bridgehead atoms. The zero-order valence-electron chi connectivity index (χ0n) is 19.7. The predicted molar refractivity (Wildman–Crippen MR) is 146 cm³/mol. The lowest BCUT2D eigenvalue weighted by Crippen LogP contribution is -2.40. The number of nitrogens with two attached hydrogens (primary N) is 1. The molecule has 0 saturated carbocycles. The van der Waals surface area contributed by atoms with E-state index in [1.807, 2.05) is 31.2 Å². The lowest BCUT2D eigenvalue weighted by atomic mass is 9.96. The van der Waals surface area contributed by atoms with Crippen LogP contribution >= 0.6 is 22.9 Å². The highest BCUT2D eigenvalue weighted by Crippen LogP contribution is 2.40. The van der Waals surface area contributed by atoms with E-state index in [-0.39, 0.29) is 19.2 Å². The monoisotopic (exact) mass is 515 g/mol. The molecule has 1 saturated heterocycles. The van der Waals surface area contributed by atoms with Crippen molar-refractivity contribution in [2.45, 2.75) is 40.7 Å². The molecule has 1 aliphatic heterocycles. The van der Waals surface area contributed by atoms with Crippen molar-refractivity contribution in [3.8, 4) is 0 Å². The minimum absolute atomic E-state index is 0. The van der Waals surface area contributed by atoms with E-state index >= 15 is 0 Å². The van der Waals surface area contributed by atoms with Gasteiger partial charge < -0.3 is 20.9 Å². The second kappa shape index (κ2) is 11.4. The summed E-state index contributed by atoms with van der Waals surface area (Å²) < 4.78 is 0.531. The third-order valence-corrected chi connectivity index (χ3v) is 8.09. The molecular weight excluding hydrogens is 482 g/mol. The van der Waals surface area contributed by atoms with E-state index in [1.165, 1.54) is 11.3 Å². The van der Waals surface area contributed by atoms with Gasteiger partial charge in [-0.05, 0) is 68.9 Å². The molecule has 0 radical (unpaired) electrons. The van der Waals surface area contributed by atoms with Gasteiger partial charge in [-0.3, -0.25) is 9.59 Å². The number of pyridine rings is 1. The number of nitrogen functional groups attached to an aromatic ring is 1. The highest BCUT2D eigenvalue weighted by Gasteiger charge is 2.29. The second-order valence-electron chi connectivity index (χ2n) is 8.99. The van der Waals surface area contributed by atoms with Gasteiger partial charge >= 0.3 is 0 Å². The smallest absolute Gasteiger partial charge is 0.263 e. The number of halogens is 1. The lowest BCUT2D eigenvalue weighted by Gasteiger charge is -2.33. The van der Waals surface area contributed by atoms with E-state index in [4.69, 9.17) is 17.3 Å². The maximum atomic E-state index is 13.3. The van der Waals surface area contributed by atoms with Crippen molar-refractivity contribution in [2.24, 2.45) is 5.92 Å². The second-order valence-corrected chi connectivity index (χ2v) is 10.6. The van der Waals surface area contributed by atoms with Crippen LogP contribution in [0.2, 0.25) is 4.34 Å². The molecule has 188 valence electrons. The van der Waals surface area contributed by atoms with Crippen LogP contribution in [0.1, 0.15) is 48.0 Å². The molecule has 1 aromatic carbocycles. The average molecular weight is 516 g/mol. The number of nitrogens with zero attached hydrogens (tertiary/aromatic N) is 3. The van der Waals surface area contributed by atoms with Crippen LogP contribution in [-0.2, 0) is 11.3 Å². The molecule has 1 fully saturated rings. The summed E-state index contributed by atoms with van der Waals surface area (Å²) in [5.74, 6) is 0.564. The maximum absolute atomic E-state index is 13.3. The molecule has 3 aromatic rings. The quantitative estimate of drug-likeness (QED) is 0.476. The number of rotatable bonds is 6. The Kier molecular flexibility index (Phi) is 8.74. The van der Waals surface area contributed by atoms with Gasteiger partial charge in [0.25, 0.3) is 5.91 Å². The predicted octanol–water partition coefficient (Wildman–Crippen LogP) is 5.10. The summed E-state index contributed by atoms with van der Waals surface area (Å²) in [5, 5.41) is 4.85. The molecule has 3 N–H and O–H groups in total. The molecule has 2 amide bonds. The molecule has 9 heteroatoms. The van der Waals surface area contributed by atoms with E-state index < -0.39 is 0 Å². The first-order chi connectivity index (χ1) is 16.2. The first-order valence-corrected chi connectivity index (χ1v) is 12.6. The highest BCUT2D eigenvalue weighted by atomic mass is 35.5. The van der Waals surface area contributed by atoms with Gasteiger partial charge in [0.1, 0.15) is 10.7 Å². The van der Waals surface area contributed by atoms with Crippen molar-refractivity contribution in [1.29, 1.82) is 0 Å². The Morgan fingerprint density at radius 2 is 2.00 bits per heavy atom. The van der Waals surface area contributed by atoms with Gasteiger partial charge in [-0.25, -0.2) is 4.98 Å². The average Bonchev–Trinajstić information content (AvgIpc) is 3.11. The lowest BCUT2D eigenvalue weighted by molar-refractivity contribution is -0.116. The standard InChI is InChI=1S/C25H30ClN5O2S.CH4/c1-15-21(31(16(2)32)14-17-7-10-30(3)11-8-17)22(34-23(15)26)25(33)29-13-18-4-5-20-19(12-18)6-9-28-24(20)27;/h4-6,9,12,17H,7-8,10-11,13-14H2,1-3H3,(H2,27,28)(H,29,33);1H4. The SMILES string of the molecule is C.CC(=O)N(CC1CCN(C)CC1)c1c(C(=O)NCc2ccc3c(N)nccc3c2)sc(Cl)c1C. The fourth-order valence-corrected chi connectivity index (χ4v) is 5.74. The van der Waals surface area contributed by atoms with Gasteiger partial charge in [0, 0.05) is 37.2 Å². The van der Waals surface area contributed by atoms with Gasteiger partial charge in [0.05, 0.1) is 10.0 Å². The number of likely N-dealkylation sites (tertiary alicyclic amines) is 1. The molecule has 1 aliphatic rings. The Bertz CT molecular complexity index is 1220. The minimum Gasteiger partial charge on any atom is -0.383 e. The summed E-state index contributed by atoms with van der Waals surface area (Å²) in [6.07, 6.45) is 3.73. The molecule has 3 heterocycles. The molecule has 7 nitrogen and oxygen atoms in total. The summed E-state index contributed by atoms with van der Waals surface area (Å²) in [6, 6.07) is 7.72. The number of benzene rings is 1. The summed E-state index contributed by atoms with van der Waals surface area (Å²) >= 11 is 7.69. The number of piperidine rings is 1. The van der Waals surface area contributed by atoms with Crippen LogP contribution in [0.3, 0.4) is 0 Å². The van der Waals surface area contributed by atoms with Crippen molar-refractivity contribution in [3.05, 3.63) is 50.8 Å². The molecule has 0 aliphatic carbocycles. The number of hydrogen-bond donors (Lipinski definition) is 2. The van der Waals surface area contributed by atoms with Crippen molar-refractivity contribution in [1.82, 2.24) is 15.2 Å². The van der Waals surface area contributed by atoms with Gasteiger partial charge in [-0.2, -0.15) is 0 Å². The van der Waals surface area contributed by atoms with Gasteiger partial charge in [-0.1, -0.05) is 31.2 Å². The number of carbonyl (C=O) groups excluding carboxylic acids is 2. The first kappa shape index (κ1) is 26.9. The molecule has 4 rings (SSSR count). The van der Waals surface area contributed by atoms with Crippen LogP contribution in [0.4, 0.5) is 11.5 Å². The zero-order chi connectivity index (χ0) is 24.4. The van der Waals surface area contributed by atoms with E-state index in [2.05, 4.69) is 22.2 Å². The summed E-state index contributed by atoms with van der Waals surface area (Å²) in [5.41, 5.74) is 8.29. The first-order valence-electron chi connectivity index (χ1n) is 11.4. The number of anilines is 2. The van der Waals surface area contributed by atoms with E-state index in [1.54, 1.807) is 18.0 Å². The zero-order valence-corrected chi connectivity index (χ0v) is 21.3. The molecule has 0 spiro atoms. The maximum Gasteiger partial charge on any atom is 0.263 e. The molecule has 2 aromatic heterocycles. The van der Waals surface area contributed by atoms with E-state index in [0.29, 0.717) is 39.7 Å². The third kappa shape index (κ3) is 5.94. The van der Waals surface area contributed by atoms with Crippen LogP contribution in [0.5, 0.6) is 0 Å². The Labute approximate surface area is 216 Å². The topological polar surface area (TPSA) is 91.6 Å². The minimum atomic E-state index is -0.237. The fraction of sp³-hybridized carbons (Fsp3) is 0.423. The van der Waals surface area contributed by atoms with Crippen LogP contribution in [-0.4, -0.2) is 48.4 Å². The Morgan fingerprint density at radius 3 is 2.69 bits per heavy atom.